The third kappa shape index (κ3) is 2.34. The van der Waals surface area contributed by atoms with Crippen molar-refractivity contribution in [3.8, 4) is 22.1 Å². The van der Waals surface area contributed by atoms with Crippen molar-refractivity contribution in [1.82, 2.24) is 4.98 Å². The maximum absolute atomic E-state index is 5.76. The lowest BCUT2D eigenvalue weighted by Gasteiger charge is -2.06. The lowest BCUT2D eigenvalue weighted by atomic mass is 10.2. The standard InChI is InChI=1S/C12H14N2O2S/c1-7-11(13)14-12(17-7)8-4-9(15-2)6-10(5-8)16-3/h4-6H,13H2,1-3H3. The van der Waals surface area contributed by atoms with Gasteiger partial charge in [-0.05, 0) is 19.1 Å². The Bertz CT molecular complexity index is 496. The molecule has 0 saturated heterocycles. The topological polar surface area (TPSA) is 57.4 Å². The van der Waals surface area contributed by atoms with Gasteiger partial charge < -0.3 is 15.2 Å². The van der Waals surface area contributed by atoms with Crippen molar-refractivity contribution < 1.29 is 9.47 Å². The van der Waals surface area contributed by atoms with Crippen LogP contribution in [0.1, 0.15) is 4.88 Å². The molecule has 2 rings (SSSR count). The summed E-state index contributed by atoms with van der Waals surface area (Å²) in [6, 6.07) is 5.66. The molecule has 0 aliphatic carbocycles. The third-order valence-electron chi connectivity index (χ3n) is 2.43. The van der Waals surface area contributed by atoms with Gasteiger partial charge in [-0.25, -0.2) is 4.98 Å². The lowest BCUT2D eigenvalue weighted by Crippen LogP contribution is -1.89. The summed E-state index contributed by atoms with van der Waals surface area (Å²) in [6.45, 7) is 1.95. The van der Waals surface area contributed by atoms with Gasteiger partial charge in [0.2, 0.25) is 0 Å². The average Bonchev–Trinajstić information content (AvgIpc) is 2.69. The minimum atomic E-state index is 0.576. The number of benzene rings is 1. The molecule has 4 nitrogen and oxygen atoms in total. The highest BCUT2D eigenvalue weighted by Crippen LogP contribution is 2.33. The van der Waals surface area contributed by atoms with Gasteiger partial charge in [-0.1, -0.05) is 0 Å². The fourth-order valence-electron chi connectivity index (χ4n) is 1.46. The maximum Gasteiger partial charge on any atom is 0.138 e. The van der Waals surface area contributed by atoms with Crippen molar-refractivity contribution in [2.75, 3.05) is 20.0 Å². The summed E-state index contributed by atoms with van der Waals surface area (Å²) in [5.41, 5.74) is 6.71. The summed E-state index contributed by atoms with van der Waals surface area (Å²) in [7, 11) is 3.25. The first-order chi connectivity index (χ1) is 8.13. The molecule has 2 aromatic rings. The van der Waals surface area contributed by atoms with Crippen molar-refractivity contribution in [2.45, 2.75) is 6.92 Å². The number of aryl methyl sites for hydroxylation is 1. The highest BCUT2D eigenvalue weighted by Gasteiger charge is 2.09. The van der Waals surface area contributed by atoms with E-state index in [0.717, 1.165) is 26.9 Å². The zero-order chi connectivity index (χ0) is 12.4. The van der Waals surface area contributed by atoms with E-state index in [-0.39, 0.29) is 0 Å². The van der Waals surface area contributed by atoms with E-state index in [1.807, 2.05) is 25.1 Å². The molecule has 17 heavy (non-hydrogen) atoms. The van der Waals surface area contributed by atoms with Gasteiger partial charge in [0.15, 0.2) is 0 Å². The molecule has 2 N–H and O–H groups in total. The fourth-order valence-corrected chi connectivity index (χ4v) is 2.28. The third-order valence-corrected chi connectivity index (χ3v) is 3.47. The van der Waals surface area contributed by atoms with Crippen LogP contribution in [0.25, 0.3) is 10.6 Å². The van der Waals surface area contributed by atoms with Crippen molar-refractivity contribution in [3.63, 3.8) is 0 Å². The van der Waals surface area contributed by atoms with Gasteiger partial charge >= 0.3 is 0 Å². The number of hydrogen-bond acceptors (Lipinski definition) is 5. The van der Waals surface area contributed by atoms with E-state index in [1.165, 1.54) is 0 Å². The van der Waals surface area contributed by atoms with Gasteiger partial charge in [0.05, 0.1) is 14.2 Å². The summed E-state index contributed by atoms with van der Waals surface area (Å²) >= 11 is 1.56. The average molecular weight is 250 g/mol. The predicted molar refractivity (Wildman–Crippen MR) is 69.8 cm³/mol. The van der Waals surface area contributed by atoms with Crippen LogP contribution >= 0.6 is 11.3 Å². The number of nitrogen functional groups attached to an aromatic ring is 1. The number of aromatic nitrogens is 1. The van der Waals surface area contributed by atoms with Gasteiger partial charge in [-0.3, -0.25) is 0 Å². The first-order valence-corrected chi connectivity index (χ1v) is 5.92. The Morgan fingerprint density at radius 3 is 2.12 bits per heavy atom. The van der Waals surface area contributed by atoms with Crippen molar-refractivity contribution in [3.05, 3.63) is 23.1 Å². The maximum atomic E-state index is 5.76. The molecule has 0 saturated carbocycles. The Morgan fingerprint density at radius 1 is 1.12 bits per heavy atom. The van der Waals surface area contributed by atoms with E-state index in [2.05, 4.69) is 4.98 Å². The summed E-state index contributed by atoms with van der Waals surface area (Å²) in [5.74, 6) is 2.06. The molecule has 0 fully saturated rings. The van der Waals surface area contributed by atoms with Gasteiger partial charge in [-0.15, -0.1) is 11.3 Å². The van der Waals surface area contributed by atoms with E-state index in [1.54, 1.807) is 25.6 Å². The highest BCUT2D eigenvalue weighted by molar-refractivity contribution is 7.15. The van der Waals surface area contributed by atoms with Crippen LogP contribution in [-0.4, -0.2) is 19.2 Å². The zero-order valence-corrected chi connectivity index (χ0v) is 10.8. The van der Waals surface area contributed by atoms with Crippen LogP contribution in [0.4, 0.5) is 5.82 Å². The second-order valence-electron chi connectivity index (χ2n) is 3.56. The summed E-state index contributed by atoms with van der Waals surface area (Å²) in [5, 5.41) is 0.872. The van der Waals surface area contributed by atoms with Crippen molar-refractivity contribution >= 4 is 17.2 Å². The van der Waals surface area contributed by atoms with Gasteiger partial charge in [-0.2, -0.15) is 0 Å². The van der Waals surface area contributed by atoms with Crippen LogP contribution in [-0.2, 0) is 0 Å². The number of rotatable bonds is 3. The monoisotopic (exact) mass is 250 g/mol. The van der Waals surface area contributed by atoms with Crippen LogP contribution in [0.3, 0.4) is 0 Å². The number of hydrogen-bond donors (Lipinski definition) is 1. The van der Waals surface area contributed by atoms with E-state index in [9.17, 15) is 0 Å². The number of methoxy groups -OCH3 is 2. The Balaban J connectivity index is 2.50. The van der Waals surface area contributed by atoms with Gasteiger partial charge in [0, 0.05) is 16.5 Å². The van der Waals surface area contributed by atoms with E-state index in [4.69, 9.17) is 15.2 Å². The van der Waals surface area contributed by atoms with Crippen molar-refractivity contribution in [1.29, 1.82) is 0 Å². The molecule has 1 heterocycles. The first-order valence-electron chi connectivity index (χ1n) is 5.10. The number of nitrogens with zero attached hydrogens (tertiary/aromatic N) is 1. The Morgan fingerprint density at radius 2 is 1.71 bits per heavy atom. The molecular weight excluding hydrogens is 236 g/mol. The van der Waals surface area contributed by atoms with Gasteiger partial charge in [0.25, 0.3) is 0 Å². The van der Waals surface area contributed by atoms with Crippen LogP contribution in [0.5, 0.6) is 11.5 Å². The van der Waals surface area contributed by atoms with E-state index in [0.29, 0.717) is 5.82 Å². The highest BCUT2D eigenvalue weighted by atomic mass is 32.1. The summed E-state index contributed by atoms with van der Waals surface area (Å²) in [6.07, 6.45) is 0. The molecule has 0 amide bonds. The molecule has 1 aromatic heterocycles. The molecule has 0 unspecified atom stereocenters. The minimum Gasteiger partial charge on any atom is -0.497 e. The largest absolute Gasteiger partial charge is 0.497 e. The van der Waals surface area contributed by atoms with Crippen LogP contribution in [0.15, 0.2) is 18.2 Å². The number of nitrogens with two attached hydrogens (primary N) is 1. The minimum absolute atomic E-state index is 0.576. The molecule has 0 bridgehead atoms. The second-order valence-corrected chi connectivity index (χ2v) is 4.76. The quantitative estimate of drug-likeness (QED) is 0.910. The molecule has 1 aromatic carbocycles. The summed E-state index contributed by atoms with van der Waals surface area (Å²) < 4.78 is 10.4. The second kappa shape index (κ2) is 4.63. The molecule has 0 aliphatic heterocycles. The number of thiazole rings is 1. The van der Waals surface area contributed by atoms with E-state index >= 15 is 0 Å². The lowest BCUT2D eigenvalue weighted by molar-refractivity contribution is 0.394. The van der Waals surface area contributed by atoms with Gasteiger partial charge in [0.1, 0.15) is 22.3 Å². The van der Waals surface area contributed by atoms with Crippen LogP contribution in [0, 0.1) is 6.92 Å². The Kier molecular flexibility index (Phi) is 3.19. The Labute approximate surface area is 104 Å². The van der Waals surface area contributed by atoms with Crippen molar-refractivity contribution in [2.24, 2.45) is 0 Å². The molecule has 0 spiro atoms. The molecule has 0 aliphatic rings. The predicted octanol–water partition coefficient (Wildman–Crippen LogP) is 2.72. The smallest absolute Gasteiger partial charge is 0.138 e. The SMILES string of the molecule is COc1cc(OC)cc(-c2nc(N)c(C)s2)c1. The zero-order valence-electron chi connectivity index (χ0n) is 9.98. The number of ether oxygens (including phenoxy) is 2. The normalized spacial score (nSPS) is 10.3. The molecular formula is C12H14N2O2S. The first kappa shape index (κ1) is 11.7. The van der Waals surface area contributed by atoms with Crippen LogP contribution in [0.2, 0.25) is 0 Å². The van der Waals surface area contributed by atoms with E-state index < -0.39 is 0 Å². The molecule has 0 radical (unpaired) electrons. The fraction of sp³-hybridized carbons (Fsp3) is 0.250. The molecule has 5 heteroatoms. The number of anilines is 1. The summed E-state index contributed by atoms with van der Waals surface area (Å²) in [4.78, 5) is 5.33. The Hall–Kier alpha value is -1.75. The van der Waals surface area contributed by atoms with Crippen LogP contribution < -0.4 is 15.2 Å². The molecule has 90 valence electrons. The molecule has 0 atom stereocenters.